The third-order valence-electron chi connectivity index (χ3n) is 12.0. The number of hydrogen-bond acceptors (Lipinski definition) is 7. The molecule has 1 aromatic rings. The molecule has 2 atom stereocenters. The molecule has 5 N–H and O–H groups in total. The highest BCUT2D eigenvalue weighted by Crippen LogP contribution is 2.31. The van der Waals surface area contributed by atoms with Gasteiger partial charge in [0.2, 0.25) is 0 Å². The Hall–Kier alpha value is -1.54. The van der Waals surface area contributed by atoms with Crippen LogP contribution in [0, 0.1) is 0 Å². The normalized spacial score (nSPS) is 12.6. The minimum absolute atomic E-state index is 0.0988. The zero-order valence-corrected chi connectivity index (χ0v) is 39.2. The molecule has 0 saturated heterocycles. The van der Waals surface area contributed by atoms with Crippen molar-refractivity contribution in [3.63, 3.8) is 0 Å². The van der Waals surface area contributed by atoms with Crippen molar-refractivity contribution in [1.29, 1.82) is 0 Å². The van der Waals surface area contributed by atoms with Crippen LogP contribution < -0.4 is 10.6 Å². The van der Waals surface area contributed by atoms with Crippen molar-refractivity contribution in [3.8, 4) is 5.75 Å². The number of phenols is 1. The molecular formula is C52H100N2O5. The molecule has 0 aromatic heterocycles. The minimum Gasteiger partial charge on any atom is -0.506 e. The lowest BCUT2D eigenvalue weighted by Gasteiger charge is -2.19. The van der Waals surface area contributed by atoms with E-state index in [1.807, 2.05) is 6.07 Å². The molecule has 0 amide bonds. The van der Waals surface area contributed by atoms with E-state index in [1.54, 1.807) is 12.1 Å². The average Bonchev–Trinajstić information content (AvgIpc) is 3.23. The third-order valence-corrected chi connectivity index (χ3v) is 12.0. The van der Waals surface area contributed by atoms with Crippen LogP contribution in [0.4, 0.5) is 11.4 Å². The Balaban J connectivity index is 1.95. The van der Waals surface area contributed by atoms with Gasteiger partial charge in [-0.25, -0.2) is 0 Å². The molecule has 2 unspecified atom stereocenters. The SMILES string of the molecule is CCCCCCCCCCCCCCCCCCCCOCC(O)CNc1cccc(O)c1NCC(O)COCCCCCCCCCCCCCCCCCCCC. The number of aliphatic hydroxyl groups excluding tert-OH is 2. The van der Waals surface area contributed by atoms with Crippen molar-refractivity contribution in [2.24, 2.45) is 0 Å². The van der Waals surface area contributed by atoms with Gasteiger partial charge in [-0.05, 0) is 25.0 Å². The number of anilines is 2. The second-order valence-electron chi connectivity index (χ2n) is 17.9. The molecule has 0 heterocycles. The van der Waals surface area contributed by atoms with Crippen molar-refractivity contribution in [2.45, 2.75) is 257 Å². The topological polar surface area (TPSA) is 103 Å². The predicted molar refractivity (Wildman–Crippen MR) is 256 cm³/mol. The first kappa shape index (κ1) is 55.5. The van der Waals surface area contributed by atoms with E-state index in [4.69, 9.17) is 9.47 Å². The molecule has 0 aliphatic rings. The molecule has 1 aromatic carbocycles. The molecule has 0 bridgehead atoms. The number of nitrogens with one attached hydrogen (secondary N) is 2. The number of aliphatic hydroxyl groups is 2. The van der Waals surface area contributed by atoms with E-state index in [1.165, 1.54) is 218 Å². The number of benzene rings is 1. The van der Waals surface area contributed by atoms with Crippen molar-refractivity contribution in [2.75, 3.05) is 50.2 Å². The summed E-state index contributed by atoms with van der Waals surface area (Å²) in [5.74, 6) is 0.0988. The first-order valence-corrected chi connectivity index (χ1v) is 25.9. The molecule has 0 aliphatic carbocycles. The molecule has 59 heavy (non-hydrogen) atoms. The molecule has 348 valence electrons. The zero-order chi connectivity index (χ0) is 42.5. The van der Waals surface area contributed by atoms with E-state index in [2.05, 4.69) is 24.5 Å². The van der Waals surface area contributed by atoms with Crippen molar-refractivity contribution in [1.82, 2.24) is 0 Å². The van der Waals surface area contributed by atoms with Crippen molar-refractivity contribution >= 4 is 11.4 Å². The lowest BCUT2D eigenvalue weighted by molar-refractivity contribution is 0.0414. The maximum absolute atomic E-state index is 10.5. The first-order chi connectivity index (χ1) is 29.1. The van der Waals surface area contributed by atoms with Gasteiger partial charge in [0.15, 0.2) is 0 Å². The van der Waals surface area contributed by atoms with Gasteiger partial charge in [-0.1, -0.05) is 238 Å². The molecule has 0 radical (unpaired) electrons. The highest BCUT2D eigenvalue weighted by Gasteiger charge is 2.12. The van der Waals surface area contributed by atoms with Gasteiger partial charge in [0.1, 0.15) is 11.4 Å². The number of ether oxygens (including phenoxy) is 2. The van der Waals surface area contributed by atoms with Gasteiger partial charge in [-0.15, -0.1) is 0 Å². The summed E-state index contributed by atoms with van der Waals surface area (Å²) >= 11 is 0. The number of aromatic hydroxyl groups is 1. The Kier molecular flexibility index (Phi) is 41.9. The van der Waals surface area contributed by atoms with Crippen molar-refractivity contribution < 1.29 is 24.8 Å². The largest absolute Gasteiger partial charge is 0.506 e. The van der Waals surface area contributed by atoms with E-state index in [0.29, 0.717) is 31.1 Å². The van der Waals surface area contributed by atoms with E-state index < -0.39 is 12.2 Å². The molecule has 0 fully saturated rings. The summed E-state index contributed by atoms with van der Waals surface area (Å²) in [4.78, 5) is 0. The van der Waals surface area contributed by atoms with Crippen LogP contribution in [0.2, 0.25) is 0 Å². The minimum atomic E-state index is -0.684. The van der Waals surface area contributed by atoms with Gasteiger partial charge < -0.3 is 35.4 Å². The number of hydrogen-bond donors (Lipinski definition) is 5. The molecule has 0 saturated carbocycles. The molecule has 0 aliphatic heterocycles. The van der Waals surface area contributed by atoms with E-state index in [0.717, 1.165) is 12.8 Å². The Morgan fingerprint density at radius 3 is 1.02 bits per heavy atom. The van der Waals surface area contributed by atoms with Gasteiger partial charge in [0.25, 0.3) is 0 Å². The van der Waals surface area contributed by atoms with Crippen LogP contribution in [-0.2, 0) is 9.47 Å². The predicted octanol–water partition coefficient (Wildman–Crippen LogP) is 15.1. The van der Waals surface area contributed by atoms with Crippen molar-refractivity contribution in [3.05, 3.63) is 18.2 Å². The lowest BCUT2D eigenvalue weighted by atomic mass is 10.0. The summed E-state index contributed by atoms with van der Waals surface area (Å²) in [7, 11) is 0. The maximum Gasteiger partial charge on any atom is 0.140 e. The number of phenolic OH excluding ortho intramolecular Hbond substituents is 1. The first-order valence-electron chi connectivity index (χ1n) is 25.9. The second-order valence-corrected chi connectivity index (χ2v) is 17.9. The summed E-state index contributed by atoms with van der Waals surface area (Å²) in [6, 6.07) is 5.24. The van der Waals surface area contributed by atoms with Crippen LogP contribution in [0.3, 0.4) is 0 Å². The zero-order valence-electron chi connectivity index (χ0n) is 39.2. The number of para-hydroxylation sites is 1. The van der Waals surface area contributed by atoms with Gasteiger partial charge in [-0.2, -0.15) is 0 Å². The number of rotatable bonds is 48. The maximum atomic E-state index is 10.5. The summed E-state index contributed by atoms with van der Waals surface area (Å²) < 4.78 is 11.5. The van der Waals surface area contributed by atoms with Crippen LogP contribution in [0.25, 0.3) is 0 Å². The van der Waals surface area contributed by atoms with E-state index in [-0.39, 0.29) is 25.5 Å². The Morgan fingerprint density at radius 2 is 0.695 bits per heavy atom. The summed E-state index contributed by atoms with van der Waals surface area (Å²) in [5.41, 5.74) is 1.20. The molecule has 7 nitrogen and oxygen atoms in total. The molecule has 1 rings (SSSR count). The lowest BCUT2D eigenvalue weighted by Crippen LogP contribution is -2.27. The van der Waals surface area contributed by atoms with Crippen LogP contribution >= 0.6 is 0 Å². The molecular weight excluding hydrogens is 733 g/mol. The highest BCUT2D eigenvalue weighted by atomic mass is 16.5. The summed E-state index contributed by atoms with van der Waals surface area (Å²) in [6.07, 6.45) is 47.7. The van der Waals surface area contributed by atoms with Crippen LogP contribution in [0.15, 0.2) is 18.2 Å². The van der Waals surface area contributed by atoms with Gasteiger partial charge in [0.05, 0.1) is 31.1 Å². The highest BCUT2D eigenvalue weighted by molar-refractivity contribution is 5.75. The van der Waals surface area contributed by atoms with Gasteiger partial charge in [-0.3, -0.25) is 0 Å². The quantitative estimate of drug-likeness (QED) is 0.0329. The molecule has 0 spiro atoms. The van der Waals surface area contributed by atoms with E-state index >= 15 is 0 Å². The van der Waals surface area contributed by atoms with Gasteiger partial charge in [0, 0.05) is 26.3 Å². The Morgan fingerprint density at radius 1 is 0.407 bits per heavy atom. The number of unbranched alkanes of at least 4 members (excludes halogenated alkanes) is 34. The smallest absolute Gasteiger partial charge is 0.140 e. The fourth-order valence-electron chi connectivity index (χ4n) is 8.09. The fourth-order valence-corrected chi connectivity index (χ4v) is 8.09. The second kappa shape index (κ2) is 44.5. The Bertz CT molecular complexity index is 980. The standard InChI is InChI=1S/C52H100N2O5/c1-3-5-7-9-11-13-15-17-19-21-23-25-27-29-31-33-35-37-42-58-46-48(55)44-53-50-40-39-41-51(57)52(50)54-45-49(56)47-59-43-38-36-34-32-30-28-26-24-22-20-18-16-14-12-10-8-6-4-2/h39-41,48-49,53-57H,3-38,42-47H2,1-2H3. The average molecular weight is 833 g/mol. The fraction of sp³-hybridized carbons (Fsp3) is 0.885. The molecule has 7 heteroatoms. The summed E-state index contributed by atoms with van der Waals surface area (Å²) in [5, 5.41) is 37.9. The van der Waals surface area contributed by atoms with Crippen LogP contribution in [0.1, 0.15) is 245 Å². The third kappa shape index (κ3) is 37.9. The Labute approximate surface area is 366 Å². The summed E-state index contributed by atoms with van der Waals surface area (Å²) in [6.45, 7) is 7.03. The van der Waals surface area contributed by atoms with Gasteiger partial charge >= 0.3 is 0 Å². The van der Waals surface area contributed by atoms with Crippen LogP contribution in [-0.4, -0.2) is 67.0 Å². The van der Waals surface area contributed by atoms with E-state index in [9.17, 15) is 15.3 Å². The van der Waals surface area contributed by atoms with Crippen LogP contribution in [0.5, 0.6) is 5.75 Å². The monoisotopic (exact) mass is 833 g/mol.